The van der Waals surface area contributed by atoms with Crippen LogP contribution in [0.15, 0.2) is 0 Å². The van der Waals surface area contributed by atoms with Gasteiger partial charge in [-0.3, -0.25) is 0 Å². The molecule has 0 aliphatic heterocycles. The normalized spacial score (nSPS) is 9.00. The van der Waals surface area contributed by atoms with Crippen molar-refractivity contribution in [2.75, 3.05) is 0 Å². The predicted molar refractivity (Wildman–Crippen MR) is 56.2 cm³/mol. The first-order valence-corrected chi connectivity index (χ1v) is 10.9. The Bertz CT molecular complexity index is 37.0. The van der Waals surface area contributed by atoms with Gasteiger partial charge in [0.15, 0.2) is 0 Å². The van der Waals surface area contributed by atoms with Crippen LogP contribution in [-0.2, 0) is 0 Å². The monoisotopic (exact) mass is 266 g/mol. The molecule has 62 valence electrons. The van der Waals surface area contributed by atoms with Crippen LogP contribution in [0.4, 0.5) is 0 Å². The molecule has 0 heterocycles. The zero-order valence-corrected chi connectivity index (χ0v) is 13.1. The van der Waals surface area contributed by atoms with Gasteiger partial charge in [-0.25, -0.2) is 0 Å². The van der Waals surface area contributed by atoms with Gasteiger partial charge in [-0.1, -0.05) is 0 Å². The Morgan fingerprint density at radius 3 is 1.10 bits per heavy atom. The van der Waals surface area contributed by atoms with Crippen molar-refractivity contribution < 1.29 is 0 Å². The minimum atomic E-state index is -0.403. The molecule has 0 N–H and O–H groups in total. The molecule has 2 heteroatoms. The van der Waals surface area contributed by atoms with E-state index < -0.39 is 14.3 Å². The van der Waals surface area contributed by atoms with Crippen molar-refractivity contribution in [3.63, 3.8) is 0 Å². The average molecular weight is 263 g/mol. The van der Waals surface area contributed by atoms with E-state index in [1.165, 1.54) is 37.5 Å². The summed E-state index contributed by atoms with van der Waals surface area (Å²) in [5.41, 5.74) is 0. The zero-order chi connectivity index (χ0) is 8.41. The van der Waals surface area contributed by atoms with Crippen molar-refractivity contribution in [2.45, 2.75) is 48.7 Å². The summed E-state index contributed by atoms with van der Waals surface area (Å²) in [7, 11) is 0. The SMILES string of the molecule is C[CH2][GeH2].C[CH2][Ge]([CH2]C)[CH2]C. The molecule has 2 radical (unpaired) electrons. The third-order valence-corrected chi connectivity index (χ3v) is 7.79. The van der Waals surface area contributed by atoms with Gasteiger partial charge in [-0.15, -0.1) is 0 Å². The van der Waals surface area contributed by atoms with Crippen LogP contribution in [0.1, 0.15) is 27.7 Å². The fourth-order valence-corrected chi connectivity index (χ4v) is 3.90. The standard InChI is InChI=1S/C6H15Ge.C2H7Ge/c1-4-7(5-2)6-3;1-2-3/h4-6H2,1-3H3;2-3H2,1H3. The van der Waals surface area contributed by atoms with Gasteiger partial charge in [0.05, 0.1) is 0 Å². The van der Waals surface area contributed by atoms with Gasteiger partial charge in [0.2, 0.25) is 0 Å². The van der Waals surface area contributed by atoms with E-state index in [0.29, 0.717) is 0 Å². The first-order valence-electron chi connectivity index (χ1n) is 4.39. The third kappa shape index (κ3) is 11.8. The molecular weight excluding hydrogens is 241 g/mol. The summed E-state index contributed by atoms with van der Waals surface area (Å²) in [6.07, 6.45) is 0. The zero-order valence-electron chi connectivity index (χ0n) is 8.04. The summed E-state index contributed by atoms with van der Waals surface area (Å²) in [4.78, 5) is 0. The Labute approximate surface area is 79.5 Å². The second-order valence-electron chi connectivity index (χ2n) is 2.31. The van der Waals surface area contributed by atoms with Crippen molar-refractivity contribution in [2.24, 2.45) is 0 Å². The molecule has 0 nitrogen and oxygen atoms in total. The van der Waals surface area contributed by atoms with Crippen LogP contribution in [-0.4, -0.2) is 30.9 Å². The molecule has 0 unspecified atom stereocenters. The molecule has 0 atom stereocenters. The van der Waals surface area contributed by atoms with E-state index >= 15 is 0 Å². The van der Waals surface area contributed by atoms with Gasteiger partial charge in [-0.05, 0) is 0 Å². The number of hydrogen-bond acceptors (Lipinski definition) is 0. The van der Waals surface area contributed by atoms with Crippen LogP contribution >= 0.6 is 0 Å². The summed E-state index contributed by atoms with van der Waals surface area (Å²) in [5, 5.41) is 5.94. The first-order chi connectivity index (χ1) is 4.76. The quantitative estimate of drug-likeness (QED) is 0.687. The second-order valence-corrected chi connectivity index (χ2v) is 12.0. The topological polar surface area (TPSA) is 0 Å². The van der Waals surface area contributed by atoms with Crippen molar-refractivity contribution in [3.05, 3.63) is 0 Å². The fourth-order valence-electron chi connectivity index (χ4n) is 0.750. The van der Waals surface area contributed by atoms with Crippen LogP contribution < -0.4 is 0 Å². The molecule has 0 saturated carbocycles. The second kappa shape index (κ2) is 12.7. The van der Waals surface area contributed by atoms with E-state index in [-0.39, 0.29) is 0 Å². The van der Waals surface area contributed by atoms with Crippen LogP contribution in [0.25, 0.3) is 0 Å². The maximum atomic E-state index is 2.34. The van der Waals surface area contributed by atoms with Gasteiger partial charge in [-0.2, -0.15) is 0 Å². The summed E-state index contributed by atoms with van der Waals surface area (Å²) >= 11 is 1.04. The fraction of sp³-hybridized carbons (Fsp3) is 1.00. The van der Waals surface area contributed by atoms with E-state index in [1.54, 1.807) is 0 Å². The van der Waals surface area contributed by atoms with Gasteiger partial charge in [0.1, 0.15) is 0 Å². The number of hydrogen-bond donors (Lipinski definition) is 0. The molecule has 0 aromatic carbocycles. The van der Waals surface area contributed by atoms with Gasteiger partial charge in [0.25, 0.3) is 0 Å². The molecule has 0 aromatic heterocycles. The van der Waals surface area contributed by atoms with Crippen molar-refractivity contribution >= 4 is 30.9 Å². The molecule has 0 bridgehead atoms. The molecule has 0 rings (SSSR count). The van der Waals surface area contributed by atoms with Crippen molar-refractivity contribution in [3.8, 4) is 0 Å². The molecule has 0 spiro atoms. The maximum absolute atomic E-state index is 2.34. The third-order valence-electron chi connectivity index (χ3n) is 1.50. The van der Waals surface area contributed by atoms with Crippen LogP contribution in [0, 0.1) is 0 Å². The van der Waals surface area contributed by atoms with Crippen LogP contribution in [0.5, 0.6) is 0 Å². The van der Waals surface area contributed by atoms with E-state index in [2.05, 4.69) is 27.7 Å². The predicted octanol–water partition coefficient (Wildman–Crippen LogP) is 2.60. The molecule has 10 heavy (non-hydrogen) atoms. The Hall–Kier alpha value is 1.09. The first kappa shape index (κ1) is 13.7. The molecule has 0 amide bonds. The Kier molecular flexibility index (Phi) is 17.4. The summed E-state index contributed by atoms with van der Waals surface area (Å²) < 4.78 is 0. The molecule has 0 fully saturated rings. The van der Waals surface area contributed by atoms with Gasteiger partial charge in [0, 0.05) is 0 Å². The van der Waals surface area contributed by atoms with Gasteiger partial charge >= 0.3 is 79.6 Å². The van der Waals surface area contributed by atoms with Crippen molar-refractivity contribution in [1.82, 2.24) is 0 Å². The molecular formula is C8H22Ge2. The minimum absolute atomic E-state index is 0.403. The Balaban J connectivity index is 0. The summed E-state index contributed by atoms with van der Waals surface area (Å²) in [5.74, 6) is 0. The Morgan fingerprint density at radius 1 is 0.900 bits per heavy atom. The summed E-state index contributed by atoms with van der Waals surface area (Å²) in [6, 6.07) is 0. The van der Waals surface area contributed by atoms with Gasteiger partial charge < -0.3 is 0 Å². The molecule has 0 saturated heterocycles. The van der Waals surface area contributed by atoms with Crippen LogP contribution in [0.3, 0.4) is 0 Å². The van der Waals surface area contributed by atoms with E-state index in [9.17, 15) is 0 Å². The number of rotatable bonds is 3. The van der Waals surface area contributed by atoms with E-state index in [4.69, 9.17) is 0 Å². The average Bonchev–Trinajstić information content (AvgIpc) is 1.93. The molecule has 0 aromatic rings. The Morgan fingerprint density at radius 2 is 1.10 bits per heavy atom. The van der Waals surface area contributed by atoms with E-state index in [0.717, 1.165) is 0 Å². The van der Waals surface area contributed by atoms with Crippen LogP contribution in [0.2, 0.25) is 21.0 Å². The molecule has 0 aliphatic carbocycles. The van der Waals surface area contributed by atoms with E-state index in [1.807, 2.05) is 0 Å². The van der Waals surface area contributed by atoms with Crippen molar-refractivity contribution in [1.29, 1.82) is 0 Å². The summed E-state index contributed by atoms with van der Waals surface area (Å²) in [6.45, 7) is 9.19. The molecule has 0 aliphatic rings.